The summed E-state index contributed by atoms with van der Waals surface area (Å²) in [6, 6.07) is 1.84. The monoisotopic (exact) mass is 237 g/mol. The van der Waals surface area contributed by atoms with Gasteiger partial charge in [0.05, 0.1) is 13.1 Å². The molecule has 0 radical (unpaired) electrons. The van der Waals surface area contributed by atoms with E-state index in [-0.39, 0.29) is 6.61 Å². The molecule has 1 aromatic heterocycles. The summed E-state index contributed by atoms with van der Waals surface area (Å²) in [7, 11) is 0. The summed E-state index contributed by atoms with van der Waals surface area (Å²) in [5, 5.41) is 8.55. The maximum absolute atomic E-state index is 10.4. The van der Waals surface area contributed by atoms with E-state index in [1.54, 1.807) is 6.20 Å². The van der Waals surface area contributed by atoms with Gasteiger partial charge in [-0.15, -0.1) is 0 Å². The van der Waals surface area contributed by atoms with Crippen LogP contribution >= 0.6 is 0 Å². The number of aromatic nitrogens is 2. The van der Waals surface area contributed by atoms with Gasteiger partial charge >= 0.3 is 5.97 Å². The first-order valence-corrected chi connectivity index (χ1v) is 5.39. The third-order valence-electron chi connectivity index (χ3n) is 2.66. The lowest BCUT2D eigenvalue weighted by Crippen LogP contribution is -2.62. The standard InChI is InChI=1S/C11H15N3O3/c1-8-3-4-12-10(13-8)14-6-11(2,7-14)17-5-9(15)16/h3-4H,5-7H2,1-2H3,(H,15,16). The summed E-state index contributed by atoms with van der Waals surface area (Å²) in [6.45, 7) is 4.76. The lowest BCUT2D eigenvalue weighted by Gasteiger charge is -2.47. The van der Waals surface area contributed by atoms with Crippen LogP contribution in [0.25, 0.3) is 0 Å². The highest BCUT2D eigenvalue weighted by molar-refractivity contribution is 5.68. The fourth-order valence-corrected chi connectivity index (χ4v) is 1.82. The first-order valence-electron chi connectivity index (χ1n) is 5.39. The highest BCUT2D eigenvalue weighted by Gasteiger charge is 2.41. The minimum absolute atomic E-state index is 0.265. The molecular weight excluding hydrogens is 222 g/mol. The predicted molar refractivity (Wildman–Crippen MR) is 61.0 cm³/mol. The van der Waals surface area contributed by atoms with Crippen molar-refractivity contribution < 1.29 is 14.6 Å². The van der Waals surface area contributed by atoms with Crippen molar-refractivity contribution >= 4 is 11.9 Å². The van der Waals surface area contributed by atoms with Crippen molar-refractivity contribution in [2.75, 3.05) is 24.6 Å². The molecule has 0 atom stereocenters. The lowest BCUT2D eigenvalue weighted by molar-refractivity contribution is -0.150. The van der Waals surface area contributed by atoms with Gasteiger partial charge in [-0.2, -0.15) is 0 Å². The van der Waals surface area contributed by atoms with Gasteiger partial charge in [-0.3, -0.25) is 0 Å². The number of hydrogen-bond acceptors (Lipinski definition) is 5. The molecule has 0 aromatic carbocycles. The van der Waals surface area contributed by atoms with Crippen LogP contribution in [0.3, 0.4) is 0 Å². The fourth-order valence-electron chi connectivity index (χ4n) is 1.82. The van der Waals surface area contributed by atoms with E-state index in [1.807, 2.05) is 24.8 Å². The predicted octanol–water partition coefficient (Wildman–Crippen LogP) is 0.465. The van der Waals surface area contributed by atoms with Gasteiger partial charge in [-0.05, 0) is 19.9 Å². The van der Waals surface area contributed by atoms with Crippen molar-refractivity contribution in [2.24, 2.45) is 0 Å². The second-order valence-corrected chi connectivity index (χ2v) is 4.49. The van der Waals surface area contributed by atoms with E-state index in [0.717, 1.165) is 5.69 Å². The van der Waals surface area contributed by atoms with Gasteiger partial charge in [0.1, 0.15) is 12.2 Å². The Balaban J connectivity index is 1.91. The van der Waals surface area contributed by atoms with E-state index < -0.39 is 11.6 Å². The van der Waals surface area contributed by atoms with Gasteiger partial charge in [0, 0.05) is 11.9 Å². The molecule has 1 N–H and O–H groups in total. The summed E-state index contributed by atoms with van der Waals surface area (Å²) in [4.78, 5) is 20.9. The molecule has 6 heteroatoms. The molecule has 17 heavy (non-hydrogen) atoms. The quantitative estimate of drug-likeness (QED) is 0.820. The minimum atomic E-state index is -0.948. The highest BCUT2D eigenvalue weighted by atomic mass is 16.5. The molecule has 0 unspecified atom stereocenters. The molecule has 92 valence electrons. The number of carboxylic acids is 1. The zero-order valence-electron chi connectivity index (χ0n) is 9.88. The molecule has 2 heterocycles. The second kappa shape index (κ2) is 4.29. The number of carboxylic acid groups (broad SMARTS) is 1. The fraction of sp³-hybridized carbons (Fsp3) is 0.545. The van der Waals surface area contributed by atoms with Crippen LogP contribution in [0.4, 0.5) is 5.95 Å². The van der Waals surface area contributed by atoms with Crippen LogP contribution in [0.1, 0.15) is 12.6 Å². The molecule has 1 fully saturated rings. The van der Waals surface area contributed by atoms with E-state index in [4.69, 9.17) is 9.84 Å². The normalized spacial score (nSPS) is 17.6. The van der Waals surface area contributed by atoms with Gasteiger partial charge in [0.2, 0.25) is 5.95 Å². The smallest absolute Gasteiger partial charge is 0.329 e. The maximum atomic E-state index is 10.4. The van der Waals surface area contributed by atoms with Gasteiger partial charge < -0.3 is 14.7 Å². The first-order chi connectivity index (χ1) is 7.98. The number of aliphatic carboxylic acids is 1. The third kappa shape index (κ3) is 2.71. The SMILES string of the molecule is Cc1ccnc(N2CC(C)(OCC(=O)O)C2)n1. The molecule has 0 amide bonds. The Morgan fingerprint density at radius 1 is 1.65 bits per heavy atom. The van der Waals surface area contributed by atoms with E-state index >= 15 is 0 Å². The first kappa shape index (κ1) is 11.8. The van der Waals surface area contributed by atoms with Crippen LogP contribution in [-0.2, 0) is 9.53 Å². The number of carbonyl (C=O) groups is 1. The third-order valence-corrected chi connectivity index (χ3v) is 2.66. The van der Waals surface area contributed by atoms with Gasteiger partial charge in [-0.25, -0.2) is 14.8 Å². The van der Waals surface area contributed by atoms with Gasteiger partial charge in [0.25, 0.3) is 0 Å². The zero-order valence-corrected chi connectivity index (χ0v) is 9.88. The van der Waals surface area contributed by atoms with E-state index in [1.165, 1.54) is 0 Å². The molecule has 0 bridgehead atoms. The number of aryl methyl sites for hydroxylation is 1. The van der Waals surface area contributed by atoms with Crippen molar-refractivity contribution in [3.63, 3.8) is 0 Å². The number of nitrogens with zero attached hydrogens (tertiary/aromatic N) is 3. The van der Waals surface area contributed by atoms with E-state index in [0.29, 0.717) is 19.0 Å². The zero-order chi connectivity index (χ0) is 12.5. The molecule has 2 rings (SSSR count). The number of rotatable bonds is 4. The second-order valence-electron chi connectivity index (χ2n) is 4.49. The number of hydrogen-bond donors (Lipinski definition) is 1. The Kier molecular flexibility index (Phi) is 2.97. The summed E-state index contributed by atoms with van der Waals surface area (Å²) in [5.41, 5.74) is 0.501. The molecule has 6 nitrogen and oxygen atoms in total. The summed E-state index contributed by atoms with van der Waals surface area (Å²) in [5.74, 6) is -0.280. The molecular formula is C11H15N3O3. The van der Waals surface area contributed by atoms with Gasteiger partial charge in [0.15, 0.2) is 0 Å². The lowest BCUT2D eigenvalue weighted by atomic mass is 9.97. The van der Waals surface area contributed by atoms with Crippen molar-refractivity contribution in [1.82, 2.24) is 9.97 Å². The Morgan fingerprint density at radius 3 is 2.94 bits per heavy atom. The molecule has 1 aromatic rings. The maximum Gasteiger partial charge on any atom is 0.329 e. The molecule has 0 aliphatic carbocycles. The van der Waals surface area contributed by atoms with Crippen LogP contribution in [0.5, 0.6) is 0 Å². The minimum Gasteiger partial charge on any atom is -0.480 e. The average Bonchev–Trinajstić information content (AvgIpc) is 2.22. The number of anilines is 1. The van der Waals surface area contributed by atoms with Crippen LogP contribution < -0.4 is 4.90 Å². The Hall–Kier alpha value is -1.69. The van der Waals surface area contributed by atoms with Crippen molar-refractivity contribution in [1.29, 1.82) is 0 Å². The van der Waals surface area contributed by atoms with E-state index in [2.05, 4.69) is 9.97 Å². The van der Waals surface area contributed by atoms with Crippen LogP contribution in [0, 0.1) is 6.92 Å². The average molecular weight is 237 g/mol. The van der Waals surface area contributed by atoms with Gasteiger partial charge in [-0.1, -0.05) is 0 Å². The molecule has 1 aliphatic rings. The molecule has 0 spiro atoms. The van der Waals surface area contributed by atoms with Crippen molar-refractivity contribution in [3.05, 3.63) is 18.0 Å². The Morgan fingerprint density at radius 2 is 2.35 bits per heavy atom. The number of ether oxygens (including phenoxy) is 1. The van der Waals surface area contributed by atoms with Crippen LogP contribution in [0.15, 0.2) is 12.3 Å². The summed E-state index contributed by atoms with van der Waals surface area (Å²) >= 11 is 0. The largest absolute Gasteiger partial charge is 0.480 e. The molecule has 1 saturated heterocycles. The van der Waals surface area contributed by atoms with Crippen molar-refractivity contribution in [3.8, 4) is 0 Å². The summed E-state index contributed by atoms with van der Waals surface area (Å²) < 4.78 is 5.31. The summed E-state index contributed by atoms with van der Waals surface area (Å²) in [6.07, 6.45) is 1.71. The van der Waals surface area contributed by atoms with Crippen LogP contribution in [-0.4, -0.2) is 46.3 Å². The Labute approximate surface area is 99.2 Å². The topological polar surface area (TPSA) is 75.6 Å². The van der Waals surface area contributed by atoms with Crippen LogP contribution in [0.2, 0.25) is 0 Å². The van der Waals surface area contributed by atoms with E-state index in [9.17, 15) is 4.79 Å². The Bertz CT molecular complexity index is 430. The highest BCUT2D eigenvalue weighted by Crippen LogP contribution is 2.27. The molecule has 1 aliphatic heterocycles. The molecule has 0 saturated carbocycles. The van der Waals surface area contributed by atoms with Crippen molar-refractivity contribution in [2.45, 2.75) is 19.4 Å².